The molecule has 0 atom stereocenters. The predicted molar refractivity (Wildman–Crippen MR) is 92.6 cm³/mol. The molecule has 116 valence electrons. The van der Waals surface area contributed by atoms with E-state index in [9.17, 15) is 9.59 Å². The molecule has 1 aliphatic heterocycles. The second kappa shape index (κ2) is 8.10. The van der Waals surface area contributed by atoms with Crippen LogP contribution in [0.15, 0.2) is 35.2 Å². The lowest BCUT2D eigenvalue weighted by Gasteiger charge is -2.14. The van der Waals surface area contributed by atoms with Crippen molar-refractivity contribution in [2.24, 2.45) is 0 Å². The number of nitrogens with zero attached hydrogens (tertiary/aromatic N) is 1. The molecule has 4 nitrogen and oxygen atoms in total. The summed E-state index contributed by atoms with van der Waals surface area (Å²) in [4.78, 5) is 26.2. The molecular weight excluding hydrogens is 318 g/mol. The Balaban J connectivity index is 1.94. The van der Waals surface area contributed by atoms with E-state index in [1.807, 2.05) is 36.4 Å². The van der Waals surface area contributed by atoms with Gasteiger partial charge in [-0.3, -0.25) is 14.5 Å². The SMILES string of the molecule is CCOC(=O)CCCN1C(=O)S/C(=C/c2ccccc2)C1=S. The zero-order chi connectivity index (χ0) is 15.9. The summed E-state index contributed by atoms with van der Waals surface area (Å²) in [6, 6.07) is 9.74. The van der Waals surface area contributed by atoms with Gasteiger partial charge in [0, 0.05) is 13.0 Å². The van der Waals surface area contributed by atoms with Crippen molar-refractivity contribution in [3.05, 3.63) is 40.8 Å². The predicted octanol–water partition coefficient (Wildman–Crippen LogP) is 3.87. The molecule has 0 aliphatic carbocycles. The molecule has 0 spiro atoms. The van der Waals surface area contributed by atoms with Gasteiger partial charge in [-0.2, -0.15) is 0 Å². The van der Waals surface area contributed by atoms with E-state index in [1.54, 1.807) is 11.8 Å². The molecule has 1 fully saturated rings. The van der Waals surface area contributed by atoms with Gasteiger partial charge in [-0.1, -0.05) is 42.5 Å². The number of esters is 1. The summed E-state index contributed by atoms with van der Waals surface area (Å²) >= 11 is 6.50. The number of thioether (sulfide) groups is 1. The Labute approximate surface area is 139 Å². The molecule has 0 radical (unpaired) electrons. The van der Waals surface area contributed by atoms with Crippen LogP contribution in [0.4, 0.5) is 4.79 Å². The molecular formula is C16H17NO3S2. The summed E-state index contributed by atoms with van der Waals surface area (Å²) in [6.07, 6.45) is 2.75. The summed E-state index contributed by atoms with van der Waals surface area (Å²) in [5.41, 5.74) is 1.01. The Morgan fingerprint density at radius 3 is 2.77 bits per heavy atom. The van der Waals surface area contributed by atoms with Gasteiger partial charge in [-0.25, -0.2) is 0 Å². The van der Waals surface area contributed by atoms with E-state index in [1.165, 1.54) is 0 Å². The Hall–Kier alpha value is -1.66. The summed E-state index contributed by atoms with van der Waals surface area (Å²) in [5, 5.41) is -0.0870. The molecule has 0 unspecified atom stereocenters. The third-order valence-corrected chi connectivity index (χ3v) is 4.53. The Kier molecular flexibility index (Phi) is 6.15. The van der Waals surface area contributed by atoms with Crippen molar-refractivity contribution in [2.45, 2.75) is 19.8 Å². The lowest BCUT2D eigenvalue weighted by molar-refractivity contribution is -0.143. The van der Waals surface area contributed by atoms with Gasteiger partial charge >= 0.3 is 5.97 Å². The smallest absolute Gasteiger partial charge is 0.305 e. The first-order chi connectivity index (χ1) is 10.6. The number of thiocarbonyl (C=S) groups is 1. The fourth-order valence-electron chi connectivity index (χ4n) is 2.01. The monoisotopic (exact) mass is 335 g/mol. The van der Waals surface area contributed by atoms with Crippen LogP contribution in [0.2, 0.25) is 0 Å². The molecule has 1 heterocycles. The Morgan fingerprint density at radius 1 is 1.36 bits per heavy atom. The van der Waals surface area contributed by atoms with Crippen LogP contribution < -0.4 is 0 Å². The van der Waals surface area contributed by atoms with Crippen molar-refractivity contribution in [2.75, 3.05) is 13.2 Å². The fraction of sp³-hybridized carbons (Fsp3) is 0.312. The quantitative estimate of drug-likeness (QED) is 0.449. The van der Waals surface area contributed by atoms with Crippen LogP contribution in [0.1, 0.15) is 25.3 Å². The first-order valence-corrected chi connectivity index (χ1v) is 8.30. The van der Waals surface area contributed by atoms with Gasteiger partial charge in [-0.05, 0) is 36.7 Å². The highest BCUT2D eigenvalue weighted by molar-refractivity contribution is 8.19. The number of carbonyl (C=O) groups excluding carboxylic acids is 2. The molecule has 0 aromatic heterocycles. The standard InChI is InChI=1S/C16H17NO3S2/c1-2-20-14(18)9-6-10-17-15(21)13(22-16(17)19)11-12-7-4-3-5-8-12/h3-5,7-8,11H,2,6,9-10H2,1H3/b13-11+. The summed E-state index contributed by atoms with van der Waals surface area (Å²) < 4.78 is 4.87. The summed E-state index contributed by atoms with van der Waals surface area (Å²) in [5.74, 6) is -0.243. The second-order valence-electron chi connectivity index (χ2n) is 4.65. The highest BCUT2D eigenvalue weighted by Gasteiger charge is 2.31. The third kappa shape index (κ3) is 4.42. The van der Waals surface area contributed by atoms with E-state index in [-0.39, 0.29) is 11.2 Å². The highest BCUT2D eigenvalue weighted by Crippen LogP contribution is 2.33. The van der Waals surface area contributed by atoms with Crippen LogP contribution in [0.25, 0.3) is 6.08 Å². The zero-order valence-corrected chi connectivity index (χ0v) is 13.9. The lowest BCUT2D eigenvalue weighted by Crippen LogP contribution is -2.28. The Bertz CT molecular complexity index is 599. The number of ether oxygens (including phenoxy) is 1. The third-order valence-electron chi connectivity index (χ3n) is 3.04. The molecule has 1 aromatic rings. The van der Waals surface area contributed by atoms with Gasteiger partial charge in [0.1, 0.15) is 4.99 Å². The van der Waals surface area contributed by atoms with Gasteiger partial charge in [0.2, 0.25) is 0 Å². The van der Waals surface area contributed by atoms with E-state index in [2.05, 4.69) is 0 Å². The maximum absolute atomic E-state index is 12.0. The zero-order valence-electron chi connectivity index (χ0n) is 12.3. The lowest BCUT2D eigenvalue weighted by atomic mass is 10.2. The minimum atomic E-state index is -0.243. The van der Waals surface area contributed by atoms with Gasteiger partial charge in [0.25, 0.3) is 5.24 Å². The van der Waals surface area contributed by atoms with Crippen LogP contribution in [0.5, 0.6) is 0 Å². The van der Waals surface area contributed by atoms with Crippen LogP contribution in [0.3, 0.4) is 0 Å². The largest absolute Gasteiger partial charge is 0.466 e. The molecule has 0 bridgehead atoms. The van der Waals surface area contributed by atoms with Crippen molar-refractivity contribution < 1.29 is 14.3 Å². The normalized spacial score (nSPS) is 16.4. The molecule has 6 heteroatoms. The molecule has 1 aliphatic rings. The minimum absolute atomic E-state index is 0.0870. The topological polar surface area (TPSA) is 46.6 Å². The van der Waals surface area contributed by atoms with Gasteiger partial charge in [-0.15, -0.1) is 0 Å². The number of carbonyl (C=O) groups is 2. The van der Waals surface area contributed by atoms with Gasteiger partial charge < -0.3 is 4.74 Å². The molecule has 1 amide bonds. The number of hydrogen-bond acceptors (Lipinski definition) is 5. The minimum Gasteiger partial charge on any atom is -0.466 e. The van der Waals surface area contributed by atoms with Crippen molar-refractivity contribution in [3.63, 3.8) is 0 Å². The fourth-order valence-corrected chi connectivity index (χ4v) is 3.30. The van der Waals surface area contributed by atoms with Gasteiger partial charge in [0.05, 0.1) is 11.5 Å². The number of rotatable bonds is 6. The van der Waals surface area contributed by atoms with Crippen LogP contribution in [-0.2, 0) is 9.53 Å². The average Bonchev–Trinajstić information content (AvgIpc) is 2.76. The van der Waals surface area contributed by atoms with Gasteiger partial charge in [0.15, 0.2) is 0 Å². The van der Waals surface area contributed by atoms with Crippen LogP contribution in [0, 0.1) is 0 Å². The highest BCUT2D eigenvalue weighted by atomic mass is 32.2. The van der Waals surface area contributed by atoms with E-state index >= 15 is 0 Å². The summed E-state index contributed by atoms with van der Waals surface area (Å²) in [6.45, 7) is 2.59. The number of amides is 1. The van der Waals surface area contributed by atoms with Crippen LogP contribution >= 0.6 is 24.0 Å². The molecule has 0 N–H and O–H groups in total. The van der Waals surface area contributed by atoms with E-state index in [0.29, 0.717) is 31.0 Å². The molecule has 0 saturated carbocycles. The summed E-state index contributed by atoms with van der Waals surface area (Å²) in [7, 11) is 0. The van der Waals surface area contributed by atoms with Crippen molar-refractivity contribution in [1.29, 1.82) is 0 Å². The number of hydrogen-bond donors (Lipinski definition) is 0. The first-order valence-electron chi connectivity index (χ1n) is 7.08. The second-order valence-corrected chi connectivity index (χ2v) is 6.03. The van der Waals surface area contributed by atoms with Crippen molar-refractivity contribution in [1.82, 2.24) is 4.90 Å². The van der Waals surface area contributed by atoms with E-state index in [0.717, 1.165) is 22.2 Å². The van der Waals surface area contributed by atoms with Crippen molar-refractivity contribution in [3.8, 4) is 0 Å². The molecule has 22 heavy (non-hydrogen) atoms. The Morgan fingerprint density at radius 2 is 2.09 bits per heavy atom. The molecule has 1 saturated heterocycles. The van der Waals surface area contributed by atoms with E-state index in [4.69, 9.17) is 17.0 Å². The van der Waals surface area contributed by atoms with Crippen LogP contribution in [-0.4, -0.2) is 34.2 Å². The first kappa shape index (κ1) is 16.7. The number of benzene rings is 1. The maximum Gasteiger partial charge on any atom is 0.305 e. The molecule has 2 rings (SSSR count). The molecule has 1 aromatic carbocycles. The average molecular weight is 335 g/mol. The van der Waals surface area contributed by atoms with Crippen molar-refractivity contribution >= 4 is 46.3 Å². The maximum atomic E-state index is 12.0. The van der Waals surface area contributed by atoms with E-state index < -0.39 is 0 Å².